The van der Waals surface area contributed by atoms with Crippen molar-refractivity contribution in [1.82, 2.24) is 30.6 Å². The van der Waals surface area contributed by atoms with Crippen LogP contribution in [0, 0.1) is 11.8 Å². The number of ether oxygens (including phenoxy) is 6. The Morgan fingerprint density at radius 3 is 1.59 bits per heavy atom. The van der Waals surface area contributed by atoms with Gasteiger partial charge in [0.25, 0.3) is 0 Å². The average molecular weight is 1180 g/mol. The van der Waals surface area contributed by atoms with Crippen molar-refractivity contribution in [2.45, 2.75) is 50.0 Å². The zero-order chi connectivity index (χ0) is 56.7. The highest BCUT2D eigenvalue weighted by atomic mass is 35.5. The Balaban J connectivity index is 0.887. The molecule has 1 aliphatic carbocycles. The third-order valence-corrected chi connectivity index (χ3v) is 16.2. The Bertz CT molecular complexity index is 3480. The molecule has 0 bridgehead atoms. The van der Waals surface area contributed by atoms with Crippen LogP contribution in [0.3, 0.4) is 0 Å². The summed E-state index contributed by atoms with van der Waals surface area (Å²) in [7, 11) is 4.59. The van der Waals surface area contributed by atoms with Crippen LogP contribution in [0.25, 0.3) is 44.1 Å². The molecule has 2 amide bonds. The van der Waals surface area contributed by atoms with Gasteiger partial charge >= 0.3 is 0 Å². The van der Waals surface area contributed by atoms with E-state index in [4.69, 9.17) is 94.8 Å². The minimum absolute atomic E-state index is 0.185. The first-order valence-electron chi connectivity index (χ1n) is 26.3. The molecule has 1 saturated carbocycles. The molecule has 3 aliphatic rings. The van der Waals surface area contributed by atoms with Gasteiger partial charge in [0.1, 0.15) is 46.3 Å². The van der Waals surface area contributed by atoms with Crippen molar-refractivity contribution in [3.05, 3.63) is 130 Å². The van der Waals surface area contributed by atoms with Gasteiger partial charge in [-0.15, -0.1) is 0 Å². The molecule has 6 N–H and O–H groups in total. The quantitative estimate of drug-likeness (QED) is 0.0348. The lowest BCUT2D eigenvalue weighted by Gasteiger charge is -2.21. The maximum Gasteiger partial charge on any atom is 0.243 e. The highest BCUT2D eigenvalue weighted by Gasteiger charge is 2.32. The van der Waals surface area contributed by atoms with Crippen LogP contribution in [0.15, 0.2) is 104 Å². The topological polar surface area (TPSA) is 213 Å². The molecule has 81 heavy (non-hydrogen) atoms. The molecule has 4 aromatic heterocycles. The van der Waals surface area contributed by atoms with Gasteiger partial charge in [-0.1, -0.05) is 89.9 Å². The molecule has 0 spiro atoms. The summed E-state index contributed by atoms with van der Waals surface area (Å²) in [6.45, 7) is 10.1. The molecule has 422 valence electrons. The Labute approximate surface area is 488 Å². The summed E-state index contributed by atoms with van der Waals surface area (Å²) in [6.07, 6.45) is 8.67. The number of rotatable bonds is 22. The van der Waals surface area contributed by atoms with E-state index in [0.717, 1.165) is 46.4 Å². The molecule has 10 rings (SSSR count). The smallest absolute Gasteiger partial charge is 0.243 e. The number of nitrogens with one attached hydrogen (secondary N) is 6. The Hall–Kier alpha value is -7.32. The van der Waals surface area contributed by atoms with E-state index < -0.39 is 0 Å². The normalized spacial score (nSPS) is 19.4. The van der Waals surface area contributed by atoms with E-state index in [1.54, 1.807) is 31.6 Å². The lowest BCUT2D eigenvalue weighted by Crippen LogP contribution is -2.45. The van der Waals surface area contributed by atoms with Crippen molar-refractivity contribution in [1.29, 1.82) is 0 Å². The number of amides is 2. The number of halogens is 4. The SMILES string of the molecule is C=CC(=O)N[C@H]1COC[C@H]1Nc1cc2c(NCC3CCC(COc4cc(OC)c(Cl)c(-c5cc6cnc(N[C@@H]7COC[C@@H]7NC(=O)C=C)cc6c(NCc6ccccc6)n5)c4Cl)C3)nc(-c3c(Cl)c(OC)cc(OC)c3Cl)cc2cn1. The summed E-state index contributed by atoms with van der Waals surface area (Å²) in [4.78, 5) is 44.2. The summed E-state index contributed by atoms with van der Waals surface area (Å²) in [5.74, 6) is 3.71. The van der Waals surface area contributed by atoms with Gasteiger partial charge in [0, 0.05) is 70.3 Å². The fourth-order valence-corrected chi connectivity index (χ4v) is 11.8. The summed E-state index contributed by atoms with van der Waals surface area (Å²) >= 11 is 28.4. The first-order valence-corrected chi connectivity index (χ1v) is 27.8. The van der Waals surface area contributed by atoms with Gasteiger partial charge in [0.05, 0.1) is 110 Å². The predicted octanol–water partition coefficient (Wildman–Crippen LogP) is 11.0. The van der Waals surface area contributed by atoms with Crippen LogP contribution < -0.4 is 50.8 Å². The number of pyridine rings is 4. The highest BCUT2D eigenvalue weighted by molar-refractivity contribution is 6.42. The molecule has 6 heterocycles. The number of aromatic nitrogens is 4. The molecule has 3 fully saturated rings. The second kappa shape index (κ2) is 25.6. The Morgan fingerprint density at radius 1 is 0.617 bits per heavy atom. The van der Waals surface area contributed by atoms with E-state index in [1.807, 2.05) is 54.6 Å². The standard InChI is InChI=1S/C59H60Cl4N10O8/c1-6-50(74)70-42-29-79-27-40(42)68-48-18-36-35(25-65-48)17-39(73-58(36)66-22-31-11-9-8-10-12-31)53-56(62)46(78-5)21-47(57(53)63)81-26-33-14-13-32(15-33)23-67-59-37-19-49(69-41-28-80-30-43(41)71-51(75)7-2)64-24-34(37)16-38(72-59)52-54(60)44(76-3)20-45(77-4)55(52)61/h6-12,16-21,24-25,32-33,40-43H,1-2,13-15,22-23,26-30H2,3-5H3,(H,64,69)(H,65,68)(H,66,73)(H,67,72)(H,70,74)(H,71,75)/t32?,33?,40-,41-,42+,43+/m1/s1. The Morgan fingerprint density at radius 2 is 1.09 bits per heavy atom. The van der Waals surface area contributed by atoms with Crippen LogP contribution in [0.4, 0.5) is 23.3 Å². The summed E-state index contributed by atoms with van der Waals surface area (Å²) in [5, 5.41) is 24.2. The molecule has 6 atom stereocenters. The van der Waals surface area contributed by atoms with Crippen LogP contribution in [0.1, 0.15) is 24.8 Å². The monoisotopic (exact) mass is 1180 g/mol. The highest BCUT2D eigenvalue weighted by Crippen LogP contribution is 2.49. The van der Waals surface area contributed by atoms with E-state index in [9.17, 15) is 9.59 Å². The average Bonchev–Trinajstić information content (AvgIpc) is 4.42. The van der Waals surface area contributed by atoms with Gasteiger partial charge in [-0.2, -0.15) is 0 Å². The van der Waals surface area contributed by atoms with Crippen molar-refractivity contribution in [2.75, 3.05) is 82.2 Å². The van der Waals surface area contributed by atoms with Crippen LogP contribution in [-0.2, 0) is 25.6 Å². The van der Waals surface area contributed by atoms with Crippen LogP contribution in [0.5, 0.6) is 23.0 Å². The first-order chi connectivity index (χ1) is 39.3. The molecule has 2 saturated heterocycles. The zero-order valence-corrected chi connectivity index (χ0v) is 47.7. The Kier molecular flexibility index (Phi) is 18.0. The van der Waals surface area contributed by atoms with Gasteiger partial charge in [-0.25, -0.2) is 19.9 Å². The van der Waals surface area contributed by atoms with Crippen LogP contribution in [0.2, 0.25) is 20.1 Å². The van der Waals surface area contributed by atoms with E-state index in [1.165, 1.54) is 26.4 Å². The van der Waals surface area contributed by atoms with E-state index in [2.05, 4.69) is 45.1 Å². The lowest BCUT2D eigenvalue weighted by molar-refractivity contribution is -0.118. The number of benzene rings is 3. The van der Waals surface area contributed by atoms with E-state index >= 15 is 0 Å². The molecule has 0 radical (unpaired) electrons. The molecule has 22 heteroatoms. The number of fused-ring (bicyclic) bond motifs is 2. The largest absolute Gasteiger partial charge is 0.495 e. The molecule has 2 unspecified atom stereocenters. The number of hydrogen-bond acceptors (Lipinski definition) is 16. The van der Waals surface area contributed by atoms with Crippen molar-refractivity contribution in [3.8, 4) is 45.5 Å². The van der Waals surface area contributed by atoms with Gasteiger partial charge in [0.2, 0.25) is 11.8 Å². The van der Waals surface area contributed by atoms with Crippen LogP contribution in [-0.4, -0.2) is 117 Å². The minimum atomic E-state index is -0.287. The molecule has 7 aromatic rings. The third-order valence-electron chi connectivity index (χ3n) is 14.7. The number of nitrogens with zero attached hydrogens (tertiary/aromatic N) is 4. The number of hydrogen-bond donors (Lipinski definition) is 6. The van der Waals surface area contributed by atoms with Crippen LogP contribution >= 0.6 is 46.4 Å². The van der Waals surface area contributed by atoms with Gasteiger partial charge in [-0.05, 0) is 73.1 Å². The fraction of sp³-hybridized carbons (Fsp3) is 0.322. The van der Waals surface area contributed by atoms with Gasteiger partial charge in [-0.3, -0.25) is 9.59 Å². The lowest BCUT2D eigenvalue weighted by atomic mass is 10.0. The maximum atomic E-state index is 12.2. The maximum absolute atomic E-state index is 12.2. The van der Waals surface area contributed by atoms with Crippen molar-refractivity contribution in [3.63, 3.8) is 0 Å². The molecular weight excluding hydrogens is 1120 g/mol. The summed E-state index contributed by atoms with van der Waals surface area (Å²) in [5.41, 5.74) is 2.91. The second-order valence-electron chi connectivity index (χ2n) is 19.9. The molecule has 2 aliphatic heterocycles. The molecule has 18 nitrogen and oxygen atoms in total. The minimum Gasteiger partial charge on any atom is -0.495 e. The predicted molar refractivity (Wildman–Crippen MR) is 319 cm³/mol. The second-order valence-corrected chi connectivity index (χ2v) is 21.5. The first kappa shape index (κ1) is 56.9. The number of anilines is 4. The number of carbonyl (C=O) groups is 2. The van der Waals surface area contributed by atoms with Gasteiger partial charge in [0.15, 0.2) is 0 Å². The van der Waals surface area contributed by atoms with Crippen molar-refractivity contribution in [2.24, 2.45) is 11.8 Å². The molecular formula is C59H60Cl4N10O8. The summed E-state index contributed by atoms with van der Waals surface area (Å²) in [6, 6.07) is 19.9. The third kappa shape index (κ3) is 12.8. The molecule has 3 aromatic carbocycles. The van der Waals surface area contributed by atoms with E-state index in [0.29, 0.717) is 115 Å². The number of carbonyl (C=O) groups excluding carboxylic acids is 2. The summed E-state index contributed by atoms with van der Waals surface area (Å²) < 4.78 is 35.1. The zero-order valence-electron chi connectivity index (χ0n) is 44.7. The van der Waals surface area contributed by atoms with Crippen molar-refractivity contribution >= 4 is 103 Å². The van der Waals surface area contributed by atoms with Crippen molar-refractivity contribution < 1.29 is 38.0 Å². The fourth-order valence-electron chi connectivity index (χ4n) is 10.4. The van der Waals surface area contributed by atoms with Gasteiger partial charge < -0.3 is 60.3 Å². The van der Waals surface area contributed by atoms with E-state index in [-0.39, 0.29) is 67.9 Å². The number of methoxy groups -OCH3 is 3.